The van der Waals surface area contributed by atoms with Crippen molar-refractivity contribution in [2.75, 3.05) is 0 Å². The molecule has 0 spiro atoms. The molecule has 0 saturated carbocycles. The van der Waals surface area contributed by atoms with E-state index in [0.717, 1.165) is 5.56 Å². The SMILES string of the molecule is CC(C)CC(NC(=O)C(CC(C)C)NC(=O)C(CCC(=O)O)NC(=O)C(N)Cc1ccccc1)C(=O)O. The zero-order valence-corrected chi connectivity index (χ0v) is 21.9. The standard InChI is InChI=1S/C26H40N4O7/c1-15(2)12-20(25(35)30-21(26(36)37)13-16(3)4)29-24(34)19(10-11-22(31)32)28-23(33)18(27)14-17-8-6-5-7-9-17/h5-9,15-16,18-21H,10-14,27H2,1-4H3,(H,28,33)(H,29,34)(H,30,35)(H,31,32)(H,36,37). The maximum Gasteiger partial charge on any atom is 0.326 e. The third kappa shape index (κ3) is 12.4. The van der Waals surface area contributed by atoms with Gasteiger partial charge < -0.3 is 31.9 Å². The first-order valence-corrected chi connectivity index (χ1v) is 12.4. The van der Waals surface area contributed by atoms with Gasteiger partial charge in [-0.25, -0.2) is 4.79 Å². The second-order valence-corrected chi connectivity index (χ2v) is 10.0. The Kier molecular flexibility index (Phi) is 13.3. The fourth-order valence-electron chi connectivity index (χ4n) is 3.72. The molecular weight excluding hydrogens is 480 g/mol. The molecule has 0 aliphatic heterocycles. The number of benzene rings is 1. The van der Waals surface area contributed by atoms with E-state index in [9.17, 15) is 29.1 Å². The van der Waals surface area contributed by atoms with Crippen molar-refractivity contribution in [1.29, 1.82) is 0 Å². The Labute approximate surface area is 217 Å². The van der Waals surface area contributed by atoms with Crippen molar-refractivity contribution in [3.05, 3.63) is 35.9 Å². The molecule has 0 aliphatic carbocycles. The molecule has 0 radical (unpaired) electrons. The Morgan fingerprint density at radius 2 is 1.24 bits per heavy atom. The summed E-state index contributed by atoms with van der Waals surface area (Å²) in [6.45, 7) is 7.32. The maximum absolute atomic E-state index is 13.1. The second kappa shape index (κ2) is 15.6. The fourth-order valence-corrected chi connectivity index (χ4v) is 3.72. The van der Waals surface area contributed by atoms with Gasteiger partial charge in [0.1, 0.15) is 18.1 Å². The number of carboxylic acid groups (broad SMARTS) is 2. The van der Waals surface area contributed by atoms with Crippen LogP contribution in [0.25, 0.3) is 0 Å². The van der Waals surface area contributed by atoms with Crippen LogP contribution in [0.4, 0.5) is 0 Å². The Balaban J connectivity index is 2.99. The van der Waals surface area contributed by atoms with Crippen LogP contribution in [0.15, 0.2) is 30.3 Å². The highest BCUT2D eigenvalue weighted by molar-refractivity contribution is 5.94. The van der Waals surface area contributed by atoms with Gasteiger partial charge in [0.15, 0.2) is 0 Å². The highest BCUT2D eigenvalue weighted by Crippen LogP contribution is 2.10. The summed E-state index contributed by atoms with van der Waals surface area (Å²) in [7, 11) is 0. The van der Waals surface area contributed by atoms with Gasteiger partial charge in [-0.1, -0.05) is 58.0 Å². The van der Waals surface area contributed by atoms with Gasteiger partial charge in [-0.2, -0.15) is 0 Å². The number of carbonyl (C=O) groups excluding carboxylic acids is 3. The largest absolute Gasteiger partial charge is 0.481 e. The zero-order valence-electron chi connectivity index (χ0n) is 21.9. The van der Waals surface area contributed by atoms with Gasteiger partial charge in [0.2, 0.25) is 17.7 Å². The molecule has 0 fully saturated rings. The molecule has 0 bridgehead atoms. The lowest BCUT2D eigenvalue weighted by Gasteiger charge is -2.26. The van der Waals surface area contributed by atoms with Crippen LogP contribution < -0.4 is 21.7 Å². The number of nitrogens with two attached hydrogens (primary N) is 1. The summed E-state index contributed by atoms with van der Waals surface area (Å²) in [4.78, 5) is 61.5. The smallest absolute Gasteiger partial charge is 0.326 e. The minimum atomic E-state index is -1.25. The highest BCUT2D eigenvalue weighted by Gasteiger charge is 2.31. The van der Waals surface area contributed by atoms with E-state index in [0.29, 0.717) is 0 Å². The molecule has 7 N–H and O–H groups in total. The molecule has 11 nitrogen and oxygen atoms in total. The number of carbonyl (C=O) groups is 5. The van der Waals surface area contributed by atoms with Crippen molar-refractivity contribution in [2.24, 2.45) is 17.6 Å². The van der Waals surface area contributed by atoms with Crippen LogP contribution >= 0.6 is 0 Å². The van der Waals surface area contributed by atoms with Crippen molar-refractivity contribution in [2.45, 2.75) is 84.0 Å². The van der Waals surface area contributed by atoms with Crippen LogP contribution in [-0.4, -0.2) is 64.0 Å². The summed E-state index contributed by atoms with van der Waals surface area (Å²) in [5.41, 5.74) is 6.83. The van der Waals surface area contributed by atoms with E-state index in [1.807, 2.05) is 33.8 Å². The molecular formula is C26H40N4O7. The van der Waals surface area contributed by atoms with Crippen LogP contribution in [0.2, 0.25) is 0 Å². The first kappa shape index (κ1) is 31.6. The van der Waals surface area contributed by atoms with E-state index < -0.39 is 60.2 Å². The maximum atomic E-state index is 13.1. The quantitative estimate of drug-likeness (QED) is 0.186. The number of hydrogen-bond acceptors (Lipinski definition) is 6. The lowest BCUT2D eigenvalue weighted by atomic mass is 10.00. The van der Waals surface area contributed by atoms with Crippen molar-refractivity contribution in [3.63, 3.8) is 0 Å². The van der Waals surface area contributed by atoms with Gasteiger partial charge >= 0.3 is 11.9 Å². The van der Waals surface area contributed by atoms with Crippen molar-refractivity contribution >= 4 is 29.7 Å². The zero-order chi connectivity index (χ0) is 28.1. The topological polar surface area (TPSA) is 188 Å². The number of rotatable bonds is 16. The van der Waals surface area contributed by atoms with Crippen molar-refractivity contribution in [3.8, 4) is 0 Å². The van der Waals surface area contributed by atoms with Crippen LogP contribution in [0, 0.1) is 11.8 Å². The Hall–Kier alpha value is -3.47. The number of hydrogen-bond donors (Lipinski definition) is 6. The molecule has 0 saturated heterocycles. The monoisotopic (exact) mass is 520 g/mol. The summed E-state index contributed by atoms with van der Waals surface area (Å²) in [5, 5.41) is 26.1. The number of carboxylic acids is 2. The highest BCUT2D eigenvalue weighted by atomic mass is 16.4. The molecule has 206 valence electrons. The molecule has 0 aromatic heterocycles. The van der Waals surface area contributed by atoms with Gasteiger partial charge in [0.05, 0.1) is 6.04 Å². The number of aliphatic carboxylic acids is 2. The van der Waals surface area contributed by atoms with Gasteiger partial charge in [-0.3, -0.25) is 19.2 Å². The molecule has 37 heavy (non-hydrogen) atoms. The van der Waals surface area contributed by atoms with E-state index in [1.54, 1.807) is 24.3 Å². The lowest BCUT2D eigenvalue weighted by molar-refractivity contribution is -0.143. The summed E-state index contributed by atoms with van der Waals surface area (Å²) in [5.74, 6) is -4.42. The van der Waals surface area contributed by atoms with Crippen LogP contribution in [0.1, 0.15) is 58.9 Å². The normalized spacial score (nSPS) is 14.4. The summed E-state index contributed by atoms with van der Waals surface area (Å²) < 4.78 is 0. The fraction of sp³-hybridized carbons (Fsp3) is 0.577. The van der Waals surface area contributed by atoms with Crippen molar-refractivity contribution < 1.29 is 34.2 Å². The van der Waals surface area contributed by atoms with E-state index >= 15 is 0 Å². The average Bonchev–Trinajstić information content (AvgIpc) is 2.80. The molecule has 1 aromatic rings. The van der Waals surface area contributed by atoms with Crippen LogP contribution in [-0.2, 0) is 30.4 Å². The van der Waals surface area contributed by atoms with Gasteiger partial charge in [-0.05, 0) is 43.1 Å². The molecule has 0 heterocycles. The predicted molar refractivity (Wildman–Crippen MR) is 137 cm³/mol. The molecule has 4 unspecified atom stereocenters. The van der Waals surface area contributed by atoms with E-state index in [2.05, 4.69) is 16.0 Å². The average molecular weight is 521 g/mol. The Bertz CT molecular complexity index is 921. The number of amides is 3. The van der Waals surface area contributed by atoms with Crippen LogP contribution in [0.3, 0.4) is 0 Å². The second-order valence-electron chi connectivity index (χ2n) is 10.0. The number of nitrogens with one attached hydrogen (secondary N) is 3. The minimum Gasteiger partial charge on any atom is -0.481 e. The minimum absolute atomic E-state index is 0.00949. The summed E-state index contributed by atoms with van der Waals surface area (Å²) in [6.07, 6.45) is 0.0123. The van der Waals surface area contributed by atoms with E-state index in [4.69, 9.17) is 10.8 Å². The molecule has 11 heteroatoms. The molecule has 0 aliphatic rings. The van der Waals surface area contributed by atoms with E-state index in [-0.39, 0.29) is 37.5 Å². The molecule has 4 atom stereocenters. The Morgan fingerprint density at radius 3 is 1.76 bits per heavy atom. The van der Waals surface area contributed by atoms with Gasteiger partial charge in [-0.15, -0.1) is 0 Å². The molecule has 3 amide bonds. The first-order chi connectivity index (χ1) is 17.3. The molecule has 1 rings (SSSR count). The first-order valence-electron chi connectivity index (χ1n) is 12.4. The van der Waals surface area contributed by atoms with E-state index in [1.165, 1.54) is 0 Å². The van der Waals surface area contributed by atoms with Gasteiger partial charge in [0, 0.05) is 6.42 Å². The van der Waals surface area contributed by atoms with Crippen LogP contribution in [0.5, 0.6) is 0 Å². The summed E-state index contributed by atoms with van der Waals surface area (Å²) >= 11 is 0. The summed E-state index contributed by atoms with van der Waals surface area (Å²) in [6, 6.07) is 4.61. The third-order valence-electron chi connectivity index (χ3n) is 5.58. The lowest BCUT2D eigenvalue weighted by Crippen LogP contribution is -2.57. The Morgan fingerprint density at radius 1 is 0.757 bits per heavy atom. The third-order valence-corrected chi connectivity index (χ3v) is 5.58. The van der Waals surface area contributed by atoms with Crippen molar-refractivity contribution in [1.82, 2.24) is 16.0 Å². The van der Waals surface area contributed by atoms with Gasteiger partial charge in [0.25, 0.3) is 0 Å². The molecule has 1 aromatic carbocycles. The predicted octanol–water partition coefficient (Wildman–Crippen LogP) is 1.05.